The number of nitrogens with two attached hydrogens (primary N) is 1. The zero-order chi connectivity index (χ0) is 16.1. The van der Waals surface area contributed by atoms with Crippen LogP contribution >= 0.6 is 0 Å². The van der Waals surface area contributed by atoms with E-state index in [0.717, 1.165) is 0 Å². The number of aromatic nitrogens is 3. The van der Waals surface area contributed by atoms with Gasteiger partial charge in [0.05, 0.1) is 11.8 Å². The number of carbonyl (C=O) groups is 1. The van der Waals surface area contributed by atoms with E-state index < -0.39 is 0 Å². The van der Waals surface area contributed by atoms with Gasteiger partial charge in [0, 0.05) is 38.7 Å². The van der Waals surface area contributed by atoms with Crippen molar-refractivity contribution in [1.29, 1.82) is 0 Å². The lowest BCUT2D eigenvalue weighted by Crippen LogP contribution is -2.34. The molecule has 2 rings (SSSR count). The number of rotatable bonds is 5. The van der Waals surface area contributed by atoms with Gasteiger partial charge in [-0.15, -0.1) is 0 Å². The number of nitrogens with zero attached hydrogens (tertiary/aromatic N) is 4. The molecule has 0 aliphatic carbocycles. The second-order valence-corrected chi connectivity index (χ2v) is 4.97. The van der Waals surface area contributed by atoms with E-state index in [1.807, 2.05) is 6.92 Å². The van der Waals surface area contributed by atoms with Gasteiger partial charge < -0.3 is 15.4 Å². The molecule has 0 fully saturated rings. The van der Waals surface area contributed by atoms with Crippen molar-refractivity contribution in [2.24, 2.45) is 0 Å². The molecule has 0 saturated heterocycles. The van der Waals surface area contributed by atoms with E-state index in [2.05, 4.69) is 15.0 Å². The zero-order valence-corrected chi connectivity index (χ0v) is 12.9. The molecule has 2 aromatic heterocycles. The fourth-order valence-corrected chi connectivity index (χ4v) is 1.92. The summed E-state index contributed by atoms with van der Waals surface area (Å²) >= 11 is 0. The van der Waals surface area contributed by atoms with Crippen molar-refractivity contribution < 1.29 is 9.53 Å². The highest BCUT2D eigenvalue weighted by molar-refractivity contribution is 5.92. The summed E-state index contributed by atoms with van der Waals surface area (Å²) in [4.78, 5) is 26.2. The minimum Gasteiger partial charge on any atom is -0.380 e. The molecule has 1 amide bonds. The fourth-order valence-electron chi connectivity index (χ4n) is 1.92. The Morgan fingerprint density at radius 3 is 2.68 bits per heavy atom. The monoisotopic (exact) mass is 301 g/mol. The van der Waals surface area contributed by atoms with Crippen LogP contribution in [0, 0.1) is 0 Å². The van der Waals surface area contributed by atoms with E-state index in [4.69, 9.17) is 10.5 Å². The highest BCUT2D eigenvalue weighted by Crippen LogP contribution is 2.16. The number of hydrogen-bond donors (Lipinski definition) is 1. The van der Waals surface area contributed by atoms with Crippen molar-refractivity contribution in [3.63, 3.8) is 0 Å². The van der Waals surface area contributed by atoms with Gasteiger partial charge in [0.25, 0.3) is 5.91 Å². The Labute approximate surface area is 129 Å². The first-order chi connectivity index (χ1) is 10.5. The minimum absolute atomic E-state index is 0.0392. The molecule has 2 aromatic rings. The molecule has 7 nitrogen and oxygen atoms in total. The van der Waals surface area contributed by atoms with Crippen molar-refractivity contribution >= 4 is 11.9 Å². The molecule has 0 radical (unpaired) electrons. The summed E-state index contributed by atoms with van der Waals surface area (Å²) in [5, 5.41) is 0. The van der Waals surface area contributed by atoms with Crippen LogP contribution in [0.15, 0.2) is 30.6 Å². The Morgan fingerprint density at radius 2 is 2.05 bits per heavy atom. The topological polar surface area (TPSA) is 94.2 Å². The zero-order valence-electron chi connectivity index (χ0n) is 12.9. The number of pyridine rings is 1. The van der Waals surface area contributed by atoms with Crippen LogP contribution in [0.4, 0.5) is 5.95 Å². The lowest BCUT2D eigenvalue weighted by molar-refractivity contribution is 0.0595. The summed E-state index contributed by atoms with van der Waals surface area (Å²) in [7, 11) is 3.33. The molecule has 0 bridgehead atoms. The summed E-state index contributed by atoms with van der Waals surface area (Å²) in [6.07, 6.45) is 3.12. The lowest BCUT2D eigenvalue weighted by atomic mass is 10.2. The van der Waals surface area contributed by atoms with Crippen LogP contribution in [0.3, 0.4) is 0 Å². The van der Waals surface area contributed by atoms with E-state index in [9.17, 15) is 4.79 Å². The highest BCUT2D eigenvalue weighted by Gasteiger charge is 2.16. The van der Waals surface area contributed by atoms with Gasteiger partial charge in [-0.1, -0.05) is 6.07 Å². The third-order valence-electron chi connectivity index (χ3n) is 3.22. The lowest BCUT2D eigenvalue weighted by Gasteiger charge is -2.20. The summed E-state index contributed by atoms with van der Waals surface area (Å²) in [5.74, 6) is 0.0337. The van der Waals surface area contributed by atoms with Crippen molar-refractivity contribution in [2.75, 3.05) is 26.4 Å². The number of nitrogen functional groups attached to an aromatic ring is 1. The molecule has 2 heterocycles. The normalized spacial score (nSPS) is 12.0. The van der Waals surface area contributed by atoms with Gasteiger partial charge >= 0.3 is 0 Å². The van der Waals surface area contributed by atoms with Gasteiger partial charge in [0.15, 0.2) is 0 Å². The van der Waals surface area contributed by atoms with Crippen LogP contribution < -0.4 is 5.73 Å². The number of likely N-dealkylation sites (N-methyl/N-ethyl adjacent to an activating group) is 1. The van der Waals surface area contributed by atoms with Gasteiger partial charge in [-0.25, -0.2) is 15.0 Å². The molecule has 0 aromatic carbocycles. The number of ether oxygens (including phenoxy) is 1. The van der Waals surface area contributed by atoms with Crippen molar-refractivity contribution in [3.05, 3.63) is 36.3 Å². The first-order valence-electron chi connectivity index (χ1n) is 6.84. The molecule has 2 N–H and O–H groups in total. The van der Waals surface area contributed by atoms with Gasteiger partial charge in [-0.2, -0.15) is 0 Å². The van der Waals surface area contributed by atoms with E-state index >= 15 is 0 Å². The predicted octanol–water partition coefficient (Wildman–Crippen LogP) is 1.23. The quantitative estimate of drug-likeness (QED) is 0.892. The fraction of sp³-hybridized carbons (Fsp3) is 0.333. The Bertz CT molecular complexity index is 645. The van der Waals surface area contributed by atoms with Crippen molar-refractivity contribution in [1.82, 2.24) is 19.9 Å². The summed E-state index contributed by atoms with van der Waals surface area (Å²) in [6, 6.07) is 5.25. The first kappa shape index (κ1) is 15.8. The van der Waals surface area contributed by atoms with Crippen LogP contribution in [-0.4, -0.2) is 52.6 Å². The Morgan fingerprint density at radius 1 is 1.36 bits per heavy atom. The van der Waals surface area contributed by atoms with Crippen LogP contribution in [0.25, 0.3) is 11.3 Å². The van der Waals surface area contributed by atoms with Crippen LogP contribution in [0.5, 0.6) is 0 Å². The van der Waals surface area contributed by atoms with Crippen molar-refractivity contribution in [3.8, 4) is 11.3 Å². The standard InChI is InChI=1S/C15H19N5O2/c1-10(22-3)9-20(2)14(21)13-6-4-5-12(19-13)11-7-17-15(16)18-8-11/h4-8,10H,9H2,1-3H3,(H2,16,17,18)/t10-/m1/s1. The molecule has 22 heavy (non-hydrogen) atoms. The SMILES string of the molecule is CO[C@H](C)CN(C)C(=O)c1cccc(-c2cnc(N)nc2)n1. The molecule has 0 aliphatic heterocycles. The Balaban J connectivity index is 2.20. The van der Waals surface area contributed by atoms with Gasteiger partial charge in [-0.05, 0) is 19.1 Å². The average Bonchev–Trinajstić information content (AvgIpc) is 2.54. The molecule has 0 unspecified atom stereocenters. The van der Waals surface area contributed by atoms with E-state index in [-0.39, 0.29) is 18.0 Å². The molecular formula is C15H19N5O2. The molecule has 0 spiro atoms. The third kappa shape index (κ3) is 3.76. The largest absolute Gasteiger partial charge is 0.380 e. The number of hydrogen-bond acceptors (Lipinski definition) is 6. The smallest absolute Gasteiger partial charge is 0.272 e. The Kier molecular flexibility index (Phi) is 5.00. The summed E-state index contributed by atoms with van der Waals surface area (Å²) in [5.41, 5.74) is 7.16. The summed E-state index contributed by atoms with van der Waals surface area (Å²) in [6.45, 7) is 2.39. The van der Waals surface area contributed by atoms with Gasteiger partial charge in [-0.3, -0.25) is 4.79 Å². The molecule has 0 aliphatic rings. The maximum absolute atomic E-state index is 12.4. The van der Waals surface area contributed by atoms with E-state index in [1.165, 1.54) is 0 Å². The maximum atomic E-state index is 12.4. The first-order valence-corrected chi connectivity index (χ1v) is 6.84. The van der Waals surface area contributed by atoms with Crippen LogP contribution in [0.1, 0.15) is 17.4 Å². The average molecular weight is 301 g/mol. The summed E-state index contributed by atoms with van der Waals surface area (Å²) < 4.78 is 5.17. The van der Waals surface area contributed by atoms with Crippen LogP contribution in [-0.2, 0) is 4.74 Å². The molecular weight excluding hydrogens is 282 g/mol. The van der Waals surface area contributed by atoms with Crippen molar-refractivity contribution in [2.45, 2.75) is 13.0 Å². The minimum atomic E-state index is -0.165. The molecule has 0 saturated carbocycles. The number of anilines is 1. The predicted molar refractivity (Wildman–Crippen MR) is 83.1 cm³/mol. The number of carbonyl (C=O) groups excluding carboxylic acids is 1. The van der Waals surface area contributed by atoms with E-state index in [0.29, 0.717) is 23.5 Å². The van der Waals surface area contributed by atoms with Crippen LogP contribution in [0.2, 0.25) is 0 Å². The molecule has 116 valence electrons. The highest BCUT2D eigenvalue weighted by atomic mass is 16.5. The number of amides is 1. The number of methoxy groups -OCH3 is 1. The molecule has 7 heteroatoms. The van der Waals surface area contributed by atoms with Gasteiger partial charge in [0.1, 0.15) is 5.69 Å². The van der Waals surface area contributed by atoms with E-state index in [1.54, 1.807) is 49.7 Å². The second kappa shape index (κ2) is 6.95. The second-order valence-electron chi connectivity index (χ2n) is 4.97. The third-order valence-corrected chi connectivity index (χ3v) is 3.22. The molecule has 1 atom stereocenters. The Hall–Kier alpha value is -2.54. The maximum Gasteiger partial charge on any atom is 0.272 e. The van der Waals surface area contributed by atoms with Gasteiger partial charge in [0.2, 0.25) is 5.95 Å².